The first-order valence-electron chi connectivity index (χ1n) is 12.6. The Balaban J connectivity index is 1.78. The van der Waals surface area contributed by atoms with Gasteiger partial charge in [0.05, 0.1) is 38.9 Å². The monoisotopic (exact) mass is 498 g/mol. The Kier molecular flexibility index (Phi) is 9.54. The van der Waals surface area contributed by atoms with Gasteiger partial charge in [0.1, 0.15) is 0 Å². The minimum Gasteiger partial charge on any atom is -0.490 e. The molecule has 2 unspecified atom stereocenters. The van der Waals surface area contributed by atoms with E-state index in [1.165, 1.54) is 0 Å². The molecule has 3 rings (SSSR count). The quantitative estimate of drug-likeness (QED) is 0.371. The van der Waals surface area contributed by atoms with Gasteiger partial charge in [0.25, 0.3) is 0 Å². The van der Waals surface area contributed by atoms with E-state index < -0.39 is 11.7 Å². The maximum Gasteiger partial charge on any atom is 0.243 e. The summed E-state index contributed by atoms with van der Waals surface area (Å²) in [5, 5.41) is 10.4. The van der Waals surface area contributed by atoms with Gasteiger partial charge in [-0.25, -0.2) is 0 Å². The summed E-state index contributed by atoms with van der Waals surface area (Å²) in [5.41, 5.74) is 6.36. The summed E-state index contributed by atoms with van der Waals surface area (Å²) in [6.45, 7) is 6.67. The van der Waals surface area contributed by atoms with Gasteiger partial charge in [-0.15, -0.1) is 0 Å². The van der Waals surface area contributed by atoms with E-state index in [4.69, 9.17) is 34.2 Å². The molecular formula is C28H38N2O6. The number of para-hydroxylation sites is 2. The topological polar surface area (TPSA) is 105 Å². The molecule has 2 aromatic rings. The maximum absolute atomic E-state index is 10.4. The van der Waals surface area contributed by atoms with Crippen LogP contribution >= 0.6 is 0 Å². The van der Waals surface area contributed by atoms with Crippen LogP contribution in [0.1, 0.15) is 58.4 Å². The lowest BCUT2D eigenvalue weighted by Gasteiger charge is -2.30. The van der Waals surface area contributed by atoms with Crippen molar-refractivity contribution in [2.24, 2.45) is 5.73 Å². The predicted molar refractivity (Wildman–Crippen MR) is 137 cm³/mol. The number of benzene rings is 2. The van der Waals surface area contributed by atoms with E-state index in [1.54, 1.807) is 14.2 Å². The summed E-state index contributed by atoms with van der Waals surface area (Å²) < 4.78 is 34.9. The van der Waals surface area contributed by atoms with Crippen molar-refractivity contribution in [3.63, 3.8) is 0 Å². The van der Waals surface area contributed by atoms with Gasteiger partial charge in [0.15, 0.2) is 23.0 Å². The van der Waals surface area contributed by atoms with E-state index in [2.05, 4.69) is 6.07 Å². The van der Waals surface area contributed by atoms with E-state index in [-0.39, 0.29) is 6.04 Å². The number of nitriles is 1. The number of ether oxygens (including phenoxy) is 6. The van der Waals surface area contributed by atoms with Gasteiger partial charge in [-0.3, -0.25) is 0 Å². The lowest BCUT2D eigenvalue weighted by molar-refractivity contribution is 0.0350. The summed E-state index contributed by atoms with van der Waals surface area (Å²) in [6, 6.07) is 11.9. The van der Waals surface area contributed by atoms with Crippen molar-refractivity contribution in [1.82, 2.24) is 0 Å². The SMILES string of the molecule is CCOc1cc(C(C#N)(CC)CCCC(N)CC2Oc3ccccc3O2)c(OCC)c(OC)c1OC. The molecule has 2 aromatic carbocycles. The maximum atomic E-state index is 10.4. The second-order valence-corrected chi connectivity index (χ2v) is 8.73. The van der Waals surface area contributed by atoms with Crippen LogP contribution in [0.3, 0.4) is 0 Å². The predicted octanol–water partition coefficient (Wildman–Crippen LogP) is 5.36. The number of rotatable bonds is 14. The van der Waals surface area contributed by atoms with Crippen LogP contribution in [-0.2, 0) is 5.41 Å². The number of hydrogen-bond acceptors (Lipinski definition) is 8. The van der Waals surface area contributed by atoms with Crippen molar-refractivity contribution in [2.45, 2.75) is 70.6 Å². The van der Waals surface area contributed by atoms with Gasteiger partial charge in [0, 0.05) is 18.0 Å². The number of nitrogens with two attached hydrogens (primary N) is 1. The molecule has 0 amide bonds. The fourth-order valence-corrected chi connectivity index (χ4v) is 4.66. The van der Waals surface area contributed by atoms with Crippen LogP contribution in [0.15, 0.2) is 30.3 Å². The average Bonchev–Trinajstić information content (AvgIpc) is 3.29. The largest absolute Gasteiger partial charge is 0.490 e. The molecule has 0 bridgehead atoms. The zero-order valence-electron chi connectivity index (χ0n) is 22.0. The molecule has 8 heteroatoms. The van der Waals surface area contributed by atoms with E-state index in [1.807, 2.05) is 51.1 Å². The molecule has 1 aliphatic rings. The first kappa shape index (κ1) is 27.3. The second kappa shape index (κ2) is 12.6. The Morgan fingerprint density at radius 1 is 1.00 bits per heavy atom. The van der Waals surface area contributed by atoms with Crippen LogP contribution in [-0.4, -0.2) is 39.8 Å². The lowest BCUT2D eigenvalue weighted by atomic mass is 9.74. The van der Waals surface area contributed by atoms with Gasteiger partial charge in [0.2, 0.25) is 17.8 Å². The molecule has 0 radical (unpaired) electrons. The Labute approximate surface area is 214 Å². The summed E-state index contributed by atoms with van der Waals surface area (Å²) in [7, 11) is 3.12. The zero-order chi connectivity index (χ0) is 26.1. The molecule has 36 heavy (non-hydrogen) atoms. The van der Waals surface area contributed by atoms with Gasteiger partial charge >= 0.3 is 0 Å². The molecule has 0 spiro atoms. The average molecular weight is 499 g/mol. The smallest absolute Gasteiger partial charge is 0.243 e. The van der Waals surface area contributed by atoms with E-state index in [0.717, 1.165) is 29.9 Å². The highest BCUT2D eigenvalue weighted by atomic mass is 16.7. The first-order chi connectivity index (χ1) is 17.5. The van der Waals surface area contributed by atoms with Crippen LogP contribution in [0.4, 0.5) is 0 Å². The van der Waals surface area contributed by atoms with Crippen LogP contribution in [0.5, 0.6) is 34.5 Å². The molecule has 0 aromatic heterocycles. The third kappa shape index (κ3) is 5.73. The highest BCUT2D eigenvalue weighted by molar-refractivity contribution is 5.65. The molecule has 2 atom stereocenters. The molecule has 1 heterocycles. The second-order valence-electron chi connectivity index (χ2n) is 8.73. The van der Waals surface area contributed by atoms with Crippen LogP contribution < -0.4 is 34.2 Å². The van der Waals surface area contributed by atoms with Gasteiger partial charge in [-0.05, 0) is 57.7 Å². The van der Waals surface area contributed by atoms with Crippen molar-refractivity contribution in [3.05, 3.63) is 35.9 Å². The molecule has 1 aliphatic heterocycles. The molecular weight excluding hydrogens is 460 g/mol. The molecule has 196 valence electrons. The molecule has 0 saturated carbocycles. The Morgan fingerprint density at radius 3 is 2.17 bits per heavy atom. The normalized spacial score (nSPS) is 15.0. The zero-order valence-corrected chi connectivity index (χ0v) is 22.0. The van der Waals surface area contributed by atoms with Crippen LogP contribution in [0, 0.1) is 11.3 Å². The summed E-state index contributed by atoms with van der Waals surface area (Å²) in [6.07, 6.45) is 2.82. The number of nitrogens with zero attached hydrogens (tertiary/aromatic N) is 1. The summed E-state index contributed by atoms with van der Waals surface area (Å²) >= 11 is 0. The van der Waals surface area contributed by atoms with Gasteiger partial charge < -0.3 is 34.2 Å². The number of methoxy groups -OCH3 is 2. The third-order valence-electron chi connectivity index (χ3n) is 6.53. The van der Waals surface area contributed by atoms with Crippen molar-refractivity contribution in [1.29, 1.82) is 5.26 Å². The molecule has 0 saturated heterocycles. The highest BCUT2D eigenvalue weighted by Gasteiger charge is 2.37. The minimum atomic E-state index is -0.813. The van der Waals surface area contributed by atoms with Crippen molar-refractivity contribution in [2.75, 3.05) is 27.4 Å². The van der Waals surface area contributed by atoms with Crippen molar-refractivity contribution in [3.8, 4) is 40.6 Å². The van der Waals surface area contributed by atoms with Crippen LogP contribution in [0.25, 0.3) is 0 Å². The standard InChI is InChI=1S/C28H38N2O6/c1-6-28(18-29,15-11-12-19(30)16-24-35-21-13-9-10-14-22(21)36-24)20-17-23(33-7-2)26(31-4)27(32-5)25(20)34-8-3/h9-10,13-14,17,19,24H,6-8,11-12,15-16,30H2,1-5H3. The molecule has 0 fully saturated rings. The highest BCUT2D eigenvalue weighted by Crippen LogP contribution is 2.52. The summed E-state index contributed by atoms with van der Waals surface area (Å²) in [5.74, 6) is 3.40. The fraction of sp³-hybridized carbons (Fsp3) is 0.536. The van der Waals surface area contributed by atoms with Gasteiger partial charge in [-0.1, -0.05) is 19.1 Å². The Bertz CT molecular complexity index is 1030. The minimum absolute atomic E-state index is 0.131. The van der Waals surface area contributed by atoms with Crippen LogP contribution in [0.2, 0.25) is 0 Å². The number of fused-ring (bicyclic) bond motifs is 1. The van der Waals surface area contributed by atoms with E-state index in [0.29, 0.717) is 55.5 Å². The third-order valence-corrected chi connectivity index (χ3v) is 6.53. The fourth-order valence-electron chi connectivity index (χ4n) is 4.66. The Hall–Kier alpha value is -3.31. The molecule has 8 nitrogen and oxygen atoms in total. The Morgan fingerprint density at radius 2 is 1.64 bits per heavy atom. The lowest BCUT2D eigenvalue weighted by Crippen LogP contribution is -2.31. The molecule has 0 aliphatic carbocycles. The van der Waals surface area contributed by atoms with E-state index in [9.17, 15) is 5.26 Å². The van der Waals surface area contributed by atoms with Crippen molar-refractivity contribution >= 4 is 0 Å². The first-order valence-corrected chi connectivity index (χ1v) is 12.6. The van der Waals surface area contributed by atoms with Gasteiger partial charge in [-0.2, -0.15) is 5.26 Å². The van der Waals surface area contributed by atoms with E-state index >= 15 is 0 Å². The molecule has 2 N–H and O–H groups in total. The summed E-state index contributed by atoms with van der Waals surface area (Å²) in [4.78, 5) is 0. The number of hydrogen-bond donors (Lipinski definition) is 1. The van der Waals surface area contributed by atoms with Crippen molar-refractivity contribution < 1.29 is 28.4 Å².